The van der Waals surface area contributed by atoms with Crippen LogP contribution in [-0.4, -0.2) is 45.9 Å². The van der Waals surface area contributed by atoms with Crippen molar-refractivity contribution in [2.24, 2.45) is 0 Å². The van der Waals surface area contributed by atoms with Crippen LogP contribution in [0.5, 0.6) is 0 Å². The highest BCUT2D eigenvalue weighted by Crippen LogP contribution is 2.07. The molecule has 1 aromatic heterocycles. The van der Waals surface area contributed by atoms with E-state index >= 15 is 0 Å². The molecule has 0 atom stereocenters. The van der Waals surface area contributed by atoms with E-state index in [2.05, 4.69) is 10.3 Å². The maximum atomic E-state index is 10.9. The molecule has 0 unspecified atom stereocenters. The van der Waals surface area contributed by atoms with E-state index in [1.165, 1.54) is 11.8 Å². The van der Waals surface area contributed by atoms with Gasteiger partial charge in [0.15, 0.2) is 5.69 Å². The lowest BCUT2D eigenvalue weighted by Crippen LogP contribution is -2.15. The molecule has 0 aliphatic heterocycles. The van der Waals surface area contributed by atoms with Crippen molar-refractivity contribution in [3.8, 4) is 0 Å². The Hall–Kier alpha value is -1.47. The zero-order valence-electron chi connectivity index (χ0n) is 10.2. The topological polar surface area (TPSA) is 86.5 Å². The number of hydrogen-bond donors (Lipinski definition) is 1. The second-order valence-corrected chi connectivity index (χ2v) is 3.77. The largest absolute Gasteiger partial charge is 0.476 e. The van der Waals surface area contributed by atoms with Gasteiger partial charge in [0, 0.05) is 7.11 Å². The zero-order valence-corrected chi connectivity index (χ0v) is 10.2. The Kier molecular flexibility index (Phi) is 5.05. The number of aromatic carboxylic acids is 1. The van der Waals surface area contributed by atoms with Crippen LogP contribution in [0.4, 0.5) is 0 Å². The number of methoxy groups -OCH3 is 1. The third kappa shape index (κ3) is 3.79. The van der Waals surface area contributed by atoms with E-state index in [9.17, 15) is 4.79 Å². The molecule has 0 fully saturated rings. The maximum Gasteiger partial charge on any atom is 0.358 e. The smallest absolute Gasteiger partial charge is 0.358 e. The summed E-state index contributed by atoms with van der Waals surface area (Å²) in [6.45, 7) is 4.93. The number of carbonyl (C=O) groups is 1. The molecule has 0 amide bonds. The number of carboxylic acids is 1. The van der Waals surface area contributed by atoms with Gasteiger partial charge in [0.25, 0.3) is 0 Å². The SMILES string of the molecule is COCc1c(C(=O)O)nnn1CCOC(C)C. The van der Waals surface area contributed by atoms with Crippen LogP contribution in [0.3, 0.4) is 0 Å². The Bertz CT molecular complexity index is 376. The van der Waals surface area contributed by atoms with Gasteiger partial charge in [-0.2, -0.15) is 0 Å². The molecule has 1 rings (SSSR count). The van der Waals surface area contributed by atoms with Gasteiger partial charge in [0.2, 0.25) is 0 Å². The predicted molar refractivity (Wildman–Crippen MR) is 58.8 cm³/mol. The van der Waals surface area contributed by atoms with Crippen LogP contribution >= 0.6 is 0 Å². The summed E-state index contributed by atoms with van der Waals surface area (Å²) in [5.41, 5.74) is 0.378. The first-order valence-electron chi connectivity index (χ1n) is 5.32. The average Bonchev–Trinajstić information content (AvgIpc) is 2.62. The molecule has 1 N–H and O–H groups in total. The van der Waals surface area contributed by atoms with Crippen molar-refractivity contribution >= 4 is 5.97 Å². The summed E-state index contributed by atoms with van der Waals surface area (Å²) in [5, 5.41) is 16.3. The molecule has 7 nitrogen and oxygen atoms in total. The van der Waals surface area contributed by atoms with Gasteiger partial charge >= 0.3 is 5.97 Å². The van der Waals surface area contributed by atoms with Crippen molar-refractivity contribution in [2.45, 2.75) is 33.1 Å². The molecular weight excluding hydrogens is 226 g/mol. The van der Waals surface area contributed by atoms with E-state index < -0.39 is 5.97 Å². The van der Waals surface area contributed by atoms with E-state index in [4.69, 9.17) is 14.6 Å². The fraction of sp³-hybridized carbons (Fsp3) is 0.700. The predicted octanol–water partition coefficient (Wildman–Crippen LogP) is 0.548. The first-order chi connectivity index (χ1) is 8.06. The molecule has 0 saturated heterocycles. The molecule has 1 aromatic rings. The number of rotatable bonds is 7. The molecule has 96 valence electrons. The van der Waals surface area contributed by atoms with Gasteiger partial charge in [-0.25, -0.2) is 9.48 Å². The fourth-order valence-electron chi connectivity index (χ4n) is 1.33. The van der Waals surface area contributed by atoms with Crippen LogP contribution in [0.2, 0.25) is 0 Å². The quantitative estimate of drug-likeness (QED) is 0.752. The second-order valence-electron chi connectivity index (χ2n) is 3.77. The summed E-state index contributed by atoms with van der Waals surface area (Å²) in [5.74, 6) is -1.10. The molecule has 0 aliphatic rings. The van der Waals surface area contributed by atoms with Crippen LogP contribution in [0.15, 0.2) is 0 Å². The van der Waals surface area contributed by atoms with Gasteiger partial charge in [-0.15, -0.1) is 5.10 Å². The summed E-state index contributed by atoms with van der Waals surface area (Å²) in [6.07, 6.45) is 0.128. The lowest BCUT2D eigenvalue weighted by Gasteiger charge is -2.09. The Morgan fingerprint density at radius 1 is 1.53 bits per heavy atom. The van der Waals surface area contributed by atoms with Crippen LogP contribution in [0, 0.1) is 0 Å². The van der Waals surface area contributed by atoms with Crippen molar-refractivity contribution in [1.82, 2.24) is 15.0 Å². The Morgan fingerprint density at radius 2 is 2.24 bits per heavy atom. The third-order valence-corrected chi connectivity index (χ3v) is 2.08. The lowest BCUT2D eigenvalue weighted by molar-refractivity contribution is 0.0667. The number of carboxylic acid groups (broad SMARTS) is 1. The standard InChI is InChI=1S/C10H17N3O4/c1-7(2)17-5-4-13-8(6-16-3)9(10(14)15)11-12-13/h7H,4-6H2,1-3H3,(H,14,15). The lowest BCUT2D eigenvalue weighted by atomic mass is 10.3. The summed E-state index contributed by atoms with van der Waals surface area (Å²) in [4.78, 5) is 10.9. The number of hydrogen-bond acceptors (Lipinski definition) is 5. The normalized spacial score (nSPS) is 11.1. The summed E-state index contributed by atoms with van der Waals surface area (Å²) in [7, 11) is 1.49. The molecular formula is C10H17N3O4. The summed E-state index contributed by atoms with van der Waals surface area (Å²) < 4.78 is 11.8. The molecule has 0 aliphatic carbocycles. The minimum atomic E-state index is -1.10. The Balaban J connectivity index is 2.73. The number of nitrogens with zero attached hydrogens (tertiary/aromatic N) is 3. The van der Waals surface area contributed by atoms with Crippen LogP contribution in [-0.2, 0) is 22.6 Å². The minimum Gasteiger partial charge on any atom is -0.476 e. The van der Waals surface area contributed by atoms with E-state index in [1.807, 2.05) is 13.8 Å². The molecule has 0 bridgehead atoms. The minimum absolute atomic E-state index is 0.0728. The molecule has 0 saturated carbocycles. The molecule has 1 heterocycles. The van der Waals surface area contributed by atoms with Gasteiger partial charge in [0.05, 0.1) is 31.6 Å². The molecule has 0 radical (unpaired) electrons. The van der Waals surface area contributed by atoms with Crippen molar-refractivity contribution in [1.29, 1.82) is 0 Å². The number of ether oxygens (including phenoxy) is 2. The molecule has 17 heavy (non-hydrogen) atoms. The van der Waals surface area contributed by atoms with Crippen molar-refractivity contribution in [3.63, 3.8) is 0 Å². The highest BCUT2D eigenvalue weighted by molar-refractivity contribution is 5.86. The molecule has 7 heteroatoms. The highest BCUT2D eigenvalue weighted by Gasteiger charge is 2.18. The van der Waals surface area contributed by atoms with Gasteiger partial charge in [-0.3, -0.25) is 0 Å². The Labute approximate surface area is 99.3 Å². The first-order valence-corrected chi connectivity index (χ1v) is 5.32. The average molecular weight is 243 g/mol. The fourth-order valence-corrected chi connectivity index (χ4v) is 1.33. The molecule has 0 aromatic carbocycles. The van der Waals surface area contributed by atoms with E-state index in [0.29, 0.717) is 18.8 Å². The van der Waals surface area contributed by atoms with Crippen LogP contribution < -0.4 is 0 Å². The molecule has 0 spiro atoms. The second kappa shape index (κ2) is 6.31. The first kappa shape index (κ1) is 13.6. The van der Waals surface area contributed by atoms with Gasteiger partial charge in [-0.1, -0.05) is 5.21 Å². The number of aromatic nitrogens is 3. The zero-order chi connectivity index (χ0) is 12.8. The van der Waals surface area contributed by atoms with Crippen LogP contribution in [0.1, 0.15) is 30.0 Å². The summed E-state index contributed by atoms with van der Waals surface area (Å²) in [6, 6.07) is 0. The highest BCUT2D eigenvalue weighted by atomic mass is 16.5. The van der Waals surface area contributed by atoms with Gasteiger partial charge in [0.1, 0.15) is 0 Å². The Morgan fingerprint density at radius 3 is 2.76 bits per heavy atom. The monoisotopic (exact) mass is 243 g/mol. The van der Waals surface area contributed by atoms with Crippen molar-refractivity contribution < 1.29 is 19.4 Å². The van der Waals surface area contributed by atoms with Crippen LogP contribution in [0.25, 0.3) is 0 Å². The van der Waals surface area contributed by atoms with Gasteiger partial charge in [-0.05, 0) is 13.8 Å². The van der Waals surface area contributed by atoms with Gasteiger partial charge < -0.3 is 14.6 Å². The summed E-state index contributed by atoms with van der Waals surface area (Å²) >= 11 is 0. The van der Waals surface area contributed by atoms with Crippen molar-refractivity contribution in [3.05, 3.63) is 11.4 Å². The van der Waals surface area contributed by atoms with E-state index in [-0.39, 0.29) is 18.4 Å². The maximum absolute atomic E-state index is 10.9. The van der Waals surface area contributed by atoms with E-state index in [0.717, 1.165) is 0 Å². The third-order valence-electron chi connectivity index (χ3n) is 2.08. The van der Waals surface area contributed by atoms with Crippen molar-refractivity contribution in [2.75, 3.05) is 13.7 Å². The van der Waals surface area contributed by atoms with E-state index in [1.54, 1.807) is 0 Å².